The van der Waals surface area contributed by atoms with Crippen LogP contribution in [0.4, 0.5) is 5.69 Å². The van der Waals surface area contributed by atoms with Gasteiger partial charge in [0.1, 0.15) is 0 Å². The molecule has 0 amide bonds. The standard InChI is InChI=1S/C10H11N3S/c1-11-8-2-3-12-9(6-8)7-10-13-4-5-14-10/h2-6H,7H2,1H3,(H,11,12). The van der Waals surface area contributed by atoms with Crippen LogP contribution in [0.15, 0.2) is 29.9 Å². The number of nitrogens with one attached hydrogen (secondary N) is 1. The summed E-state index contributed by atoms with van der Waals surface area (Å²) >= 11 is 1.66. The lowest BCUT2D eigenvalue weighted by atomic mass is 10.2. The normalized spacial score (nSPS) is 10.1. The molecule has 0 saturated heterocycles. The van der Waals surface area contributed by atoms with Gasteiger partial charge in [-0.1, -0.05) is 0 Å². The van der Waals surface area contributed by atoms with Crippen LogP contribution in [0, 0.1) is 0 Å². The minimum Gasteiger partial charge on any atom is -0.388 e. The molecule has 72 valence electrons. The summed E-state index contributed by atoms with van der Waals surface area (Å²) in [5.41, 5.74) is 2.14. The van der Waals surface area contributed by atoms with Crippen molar-refractivity contribution < 1.29 is 0 Å². The average Bonchev–Trinajstić information content (AvgIpc) is 2.71. The van der Waals surface area contributed by atoms with Gasteiger partial charge < -0.3 is 5.32 Å². The third-order valence-electron chi connectivity index (χ3n) is 1.92. The van der Waals surface area contributed by atoms with E-state index in [-0.39, 0.29) is 0 Å². The van der Waals surface area contributed by atoms with E-state index in [0.29, 0.717) is 0 Å². The summed E-state index contributed by atoms with van der Waals surface area (Å²) in [4.78, 5) is 8.51. The van der Waals surface area contributed by atoms with Gasteiger partial charge in [-0.05, 0) is 12.1 Å². The third-order valence-corrected chi connectivity index (χ3v) is 2.70. The molecule has 0 unspecified atom stereocenters. The Balaban J connectivity index is 2.17. The first-order valence-electron chi connectivity index (χ1n) is 4.39. The van der Waals surface area contributed by atoms with Gasteiger partial charge in [0.25, 0.3) is 0 Å². The molecule has 3 nitrogen and oxygen atoms in total. The summed E-state index contributed by atoms with van der Waals surface area (Å²) in [7, 11) is 1.91. The second-order valence-corrected chi connectivity index (χ2v) is 3.87. The third kappa shape index (κ3) is 2.09. The highest BCUT2D eigenvalue weighted by molar-refractivity contribution is 7.09. The molecule has 14 heavy (non-hydrogen) atoms. The molecule has 2 aromatic heterocycles. The molecule has 2 heterocycles. The van der Waals surface area contributed by atoms with Crippen LogP contribution in [0.1, 0.15) is 10.7 Å². The molecule has 0 radical (unpaired) electrons. The van der Waals surface area contributed by atoms with E-state index < -0.39 is 0 Å². The first-order chi connectivity index (χ1) is 6.88. The predicted octanol–water partition coefficient (Wildman–Crippen LogP) is 2.17. The molecule has 4 heteroatoms. The first kappa shape index (κ1) is 9.15. The van der Waals surface area contributed by atoms with Crippen LogP contribution in [0.2, 0.25) is 0 Å². The number of hydrogen-bond acceptors (Lipinski definition) is 4. The molecule has 0 fully saturated rings. The molecular formula is C10H11N3S. The minimum atomic E-state index is 0.813. The zero-order chi connectivity index (χ0) is 9.80. The smallest absolute Gasteiger partial charge is 0.0984 e. The van der Waals surface area contributed by atoms with E-state index in [1.165, 1.54) is 0 Å². The molecule has 2 aromatic rings. The number of aromatic nitrogens is 2. The Morgan fingerprint density at radius 2 is 2.29 bits per heavy atom. The number of thiazole rings is 1. The fraction of sp³-hybridized carbons (Fsp3) is 0.200. The lowest BCUT2D eigenvalue weighted by Gasteiger charge is -2.01. The van der Waals surface area contributed by atoms with Gasteiger partial charge in [-0.3, -0.25) is 4.98 Å². The van der Waals surface area contributed by atoms with Crippen molar-refractivity contribution in [3.63, 3.8) is 0 Å². The highest BCUT2D eigenvalue weighted by Gasteiger charge is 2.00. The highest BCUT2D eigenvalue weighted by atomic mass is 32.1. The topological polar surface area (TPSA) is 37.8 Å². The molecule has 0 spiro atoms. The number of rotatable bonds is 3. The van der Waals surface area contributed by atoms with Gasteiger partial charge in [0.05, 0.1) is 5.01 Å². The second kappa shape index (κ2) is 4.19. The van der Waals surface area contributed by atoms with Crippen LogP contribution in [0.5, 0.6) is 0 Å². The Bertz CT molecular complexity index is 398. The van der Waals surface area contributed by atoms with E-state index in [2.05, 4.69) is 15.3 Å². The van der Waals surface area contributed by atoms with Crippen molar-refractivity contribution in [3.8, 4) is 0 Å². The molecule has 2 rings (SSSR count). The Labute approximate surface area is 86.8 Å². The molecule has 0 aliphatic rings. The molecule has 0 aliphatic heterocycles. The molecule has 0 aromatic carbocycles. The van der Waals surface area contributed by atoms with Crippen molar-refractivity contribution in [1.29, 1.82) is 0 Å². The fourth-order valence-corrected chi connectivity index (χ4v) is 1.86. The van der Waals surface area contributed by atoms with Crippen molar-refractivity contribution in [3.05, 3.63) is 40.6 Å². The van der Waals surface area contributed by atoms with E-state index in [1.54, 1.807) is 11.3 Å². The molecule has 1 N–H and O–H groups in total. The molecular weight excluding hydrogens is 194 g/mol. The van der Waals surface area contributed by atoms with E-state index in [9.17, 15) is 0 Å². The van der Waals surface area contributed by atoms with Gasteiger partial charge in [-0.2, -0.15) is 0 Å². The van der Waals surface area contributed by atoms with Crippen LogP contribution >= 0.6 is 11.3 Å². The maximum Gasteiger partial charge on any atom is 0.0984 e. The second-order valence-electron chi connectivity index (χ2n) is 2.89. The summed E-state index contributed by atoms with van der Waals surface area (Å²) in [6, 6.07) is 3.99. The average molecular weight is 205 g/mol. The summed E-state index contributed by atoms with van der Waals surface area (Å²) in [5.74, 6) is 0. The summed E-state index contributed by atoms with van der Waals surface area (Å²) in [6.07, 6.45) is 4.45. The van der Waals surface area contributed by atoms with E-state index in [4.69, 9.17) is 0 Å². The Kier molecular flexibility index (Phi) is 2.74. The van der Waals surface area contributed by atoms with E-state index in [1.807, 2.05) is 37.0 Å². The van der Waals surface area contributed by atoms with Crippen LogP contribution < -0.4 is 5.32 Å². The number of nitrogens with zero attached hydrogens (tertiary/aromatic N) is 2. The fourth-order valence-electron chi connectivity index (χ4n) is 1.23. The van der Waals surface area contributed by atoms with E-state index >= 15 is 0 Å². The van der Waals surface area contributed by atoms with Gasteiger partial charge in [0.2, 0.25) is 0 Å². The number of pyridine rings is 1. The summed E-state index contributed by atoms with van der Waals surface area (Å²) in [6.45, 7) is 0. The van der Waals surface area contributed by atoms with Crippen molar-refractivity contribution >= 4 is 17.0 Å². The first-order valence-corrected chi connectivity index (χ1v) is 5.27. The van der Waals surface area contributed by atoms with Gasteiger partial charge in [-0.15, -0.1) is 11.3 Å². The zero-order valence-corrected chi connectivity index (χ0v) is 8.71. The van der Waals surface area contributed by atoms with Crippen molar-refractivity contribution in [2.45, 2.75) is 6.42 Å². The Morgan fingerprint density at radius 1 is 1.36 bits per heavy atom. The van der Waals surface area contributed by atoms with Gasteiger partial charge in [0, 0.05) is 42.6 Å². The van der Waals surface area contributed by atoms with Crippen molar-refractivity contribution in [2.75, 3.05) is 12.4 Å². The van der Waals surface area contributed by atoms with Crippen LogP contribution in [0.25, 0.3) is 0 Å². The maximum absolute atomic E-state index is 4.29. The quantitative estimate of drug-likeness (QED) is 0.834. The maximum atomic E-state index is 4.29. The van der Waals surface area contributed by atoms with Crippen molar-refractivity contribution in [1.82, 2.24) is 9.97 Å². The van der Waals surface area contributed by atoms with Gasteiger partial charge in [-0.25, -0.2) is 4.98 Å². The Morgan fingerprint density at radius 3 is 3.00 bits per heavy atom. The monoisotopic (exact) mass is 205 g/mol. The van der Waals surface area contributed by atoms with E-state index in [0.717, 1.165) is 22.8 Å². The largest absolute Gasteiger partial charge is 0.388 e. The van der Waals surface area contributed by atoms with Crippen LogP contribution in [-0.4, -0.2) is 17.0 Å². The molecule has 0 bridgehead atoms. The highest BCUT2D eigenvalue weighted by Crippen LogP contribution is 2.13. The van der Waals surface area contributed by atoms with Crippen LogP contribution in [0.3, 0.4) is 0 Å². The number of anilines is 1. The number of hydrogen-bond donors (Lipinski definition) is 1. The molecule has 0 atom stereocenters. The zero-order valence-electron chi connectivity index (χ0n) is 7.90. The lowest BCUT2D eigenvalue weighted by Crippen LogP contribution is -1.94. The van der Waals surface area contributed by atoms with Crippen molar-refractivity contribution in [2.24, 2.45) is 0 Å². The van der Waals surface area contributed by atoms with Gasteiger partial charge in [0.15, 0.2) is 0 Å². The molecule has 0 aliphatic carbocycles. The molecule has 0 saturated carbocycles. The van der Waals surface area contributed by atoms with Crippen LogP contribution in [-0.2, 0) is 6.42 Å². The van der Waals surface area contributed by atoms with Gasteiger partial charge >= 0.3 is 0 Å². The predicted molar refractivity (Wildman–Crippen MR) is 58.7 cm³/mol. The summed E-state index contributed by atoms with van der Waals surface area (Å²) < 4.78 is 0. The lowest BCUT2D eigenvalue weighted by molar-refractivity contribution is 1.05. The Hall–Kier alpha value is -1.42. The summed E-state index contributed by atoms with van der Waals surface area (Å²) in [5, 5.41) is 6.18. The SMILES string of the molecule is CNc1ccnc(Cc2nccs2)c1. The minimum absolute atomic E-state index is 0.813.